The van der Waals surface area contributed by atoms with Gasteiger partial charge in [0.25, 0.3) is 0 Å². The maximum Gasteiger partial charge on any atom is 0.317 e. The molecular formula is C18H31N3O5. The number of aliphatic carboxylic acids is 1. The Hall–Kier alpha value is -1.83. The highest BCUT2D eigenvalue weighted by Crippen LogP contribution is 2.33. The van der Waals surface area contributed by atoms with Crippen LogP contribution in [0.25, 0.3) is 0 Å². The molecule has 0 aromatic rings. The van der Waals surface area contributed by atoms with Crippen molar-refractivity contribution in [2.45, 2.75) is 33.1 Å². The smallest absolute Gasteiger partial charge is 0.317 e. The van der Waals surface area contributed by atoms with Gasteiger partial charge in [0, 0.05) is 39.8 Å². The zero-order chi connectivity index (χ0) is 19.3. The number of methoxy groups -OCH3 is 1. The van der Waals surface area contributed by atoms with Gasteiger partial charge in [-0.25, -0.2) is 4.79 Å². The van der Waals surface area contributed by atoms with E-state index in [9.17, 15) is 19.5 Å². The Kier molecular flexibility index (Phi) is 6.86. The molecule has 26 heavy (non-hydrogen) atoms. The molecule has 0 saturated carbocycles. The summed E-state index contributed by atoms with van der Waals surface area (Å²) in [7, 11) is 1.48. The summed E-state index contributed by atoms with van der Waals surface area (Å²) in [6.45, 7) is 6.41. The van der Waals surface area contributed by atoms with Gasteiger partial charge in [0.1, 0.15) is 5.41 Å². The molecule has 2 rings (SSSR count). The van der Waals surface area contributed by atoms with Crippen molar-refractivity contribution in [3.05, 3.63) is 0 Å². The van der Waals surface area contributed by atoms with E-state index in [-0.39, 0.29) is 31.0 Å². The normalized spacial score (nSPS) is 26.2. The molecule has 8 heteroatoms. The average Bonchev–Trinajstić information content (AvgIpc) is 3.05. The van der Waals surface area contributed by atoms with E-state index in [2.05, 4.69) is 5.32 Å². The first-order valence-electron chi connectivity index (χ1n) is 9.33. The van der Waals surface area contributed by atoms with E-state index in [0.29, 0.717) is 38.5 Å². The molecule has 2 fully saturated rings. The van der Waals surface area contributed by atoms with E-state index in [1.807, 2.05) is 13.8 Å². The van der Waals surface area contributed by atoms with E-state index >= 15 is 0 Å². The maximum absolute atomic E-state index is 12.9. The average molecular weight is 369 g/mol. The fraction of sp³-hybridized carbons (Fsp3) is 0.833. The van der Waals surface area contributed by atoms with Crippen LogP contribution >= 0.6 is 0 Å². The highest BCUT2D eigenvalue weighted by Gasteiger charge is 2.47. The summed E-state index contributed by atoms with van der Waals surface area (Å²) in [5.41, 5.74) is -1.02. The van der Waals surface area contributed by atoms with E-state index in [0.717, 1.165) is 12.8 Å². The summed E-state index contributed by atoms with van der Waals surface area (Å²) in [5, 5.41) is 12.4. The summed E-state index contributed by atoms with van der Waals surface area (Å²) >= 11 is 0. The van der Waals surface area contributed by atoms with Gasteiger partial charge >= 0.3 is 12.0 Å². The number of ether oxygens (including phenoxy) is 1. The van der Waals surface area contributed by atoms with Crippen LogP contribution in [-0.4, -0.2) is 79.3 Å². The third-order valence-electron chi connectivity index (χ3n) is 5.26. The van der Waals surface area contributed by atoms with E-state index < -0.39 is 11.4 Å². The number of carboxylic acids is 1. The maximum atomic E-state index is 12.9. The Balaban J connectivity index is 1.95. The third-order valence-corrected chi connectivity index (χ3v) is 5.26. The lowest BCUT2D eigenvalue weighted by atomic mass is 9.88. The standard InChI is InChI=1S/C18H31N3O5/c1-13(2)9-19-17(25)20-7-4-5-14(10-20)15(22)21-8-6-18(11-21,12-26-3)16(23)24/h13-14H,4-12H2,1-3H3,(H,19,25)(H,23,24). The molecule has 2 unspecified atom stereocenters. The third kappa shape index (κ3) is 4.66. The molecule has 0 aromatic carbocycles. The number of amides is 3. The second kappa shape index (κ2) is 8.70. The van der Waals surface area contributed by atoms with Crippen LogP contribution in [0.2, 0.25) is 0 Å². The molecule has 0 spiro atoms. The van der Waals surface area contributed by atoms with Crippen LogP contribution in [0.4, 0.5) is 4.79 Å². The summed E-state index contributed by atoms with van der Waals surface area (Å²) in [5.74, 6) is -0.866. The second-order valence-electron chi connectivity index (χ2n) is 7.89. The van der Waals surface area contributed by atoms with Gasteiger partial charge in [-0.15, -0.1) is 0 Å². The van der Waals surface area contributed by atoms with Crippen molar-refractivity contribution in [2.75, 3.05) is 46.4 Å². The first kappa shape index (κ1) is 20.5. The molecule has 2 saturated heterocycles. The first-order valence-corrected chi connectivity index (χ1v) is 9.33. The molecule has 2 heterocycles. The Bertz CT molecular complexity index is 539. The van der Waals surface area contributed by atoms with Crippen molar-refractivity contribution in [1.82, 2.24) is 15.1 Å². The molecule has 0 radical (unpaired) electrons. The molecule has 0 aliphatic carbocycles. The number of nitrogens with zero attached hydrogens (tertiary/aromatic N) is 2. The van der Waals surface area contributed by atoms with Crippen molar-refractivity contribution >= 4 is 17.9 Å². The highest BCUT2D eigenvalue weighted by atomic mass is 16.5. The van der Waals surface area contributed by atoms with Gasteiger partial charge < -0.3 is 25.0 Å². The van der Waals surface area contributed by atoms with Crippen molar-refractivity contribution in [3.63, 3.8) is 0 Å². The lowest BCUT2D eigenvalue weighted by Gasteiger charge is -2.34. The Morgan fingerprint density at radius 3 is 2.62 bits per heavy atom. The first-order chi connectivity index (χ1) is 12.3. The van der Waals surface area contributed by atoms with Gasteiger partial charge in [0.2, 0.25) is 5.91 Å². The van der Waals surface area contributed by atoms with Crippen LogP contribution in [0, 0.1) is 17.3 Å². The van der Waals surface area contributed by atoms with E-state index in [1.165, 1.54) is 7.11 Å². The fourth-order valence-corrected chi connectivity index (χ4v) is 3.72. The number of piperidine rings is 1. The SMILES string of the molecule is COCC1(C(=O)O)CCN(C(=O)C2CCCN(C(=O)NCC(C)C)C2)C1. The molecule has 2 N–H and O–H groups in total. The van der Waals surface area contributed by atoms with Gasteiger partial charge in [-0.2, -0.15) is 0 Å². The number of carboxylic acid groups (broad SMARTS) is 1. The number of rotatable bonds is 6. The number of urea groups is 1. The number of carbonyl (C=O) groups is 3. The largest absolute Gasteiger partial charge is 0.481 e. The minimum atomic E-state index is -1.02. The van der Waals surface area contributed by atoms with Gasteiger partial charge in [-0.05, 0) is 25.2 Å². The molecule has 148 valence electrons. The van der Waals surface area contributed by atoms with Crippen LogP contribution in [0.5, 0.6) is 0 Å². The highest BCUT2D eigenvalue weighted by molar-refractivity contribution is 5.83. The van der Waals surface area contributed by atoms with Gasteiger partial charge in [-0.1, -0.05) is 13.8 Å². The van der Waals surface area contributed by atoms with Crippen LogP contribution in [0.15, 0.2) is 0 Å². The molecule has 2 aliphatic rings. The molecule has 2 aliphatic heterocycles. The fourth-order valence-electron chi connectivity index (χ4n) is 3.72. The Morgan fingerprint density at radius 1 is 1.27 bits per heavy atom. The van der Waals surface area contributed by atoms with Crippen molar-refractivity contribution < 1.29 is 24.2 Å². The lowest BCUT2D eigenvalue weighted by molar-refractivity contribution is -0.152. The molecule has 0 bridgehead atoms. The van der Waals surface area contributed by atoms with Crippen LogP contribution < -0.4 is 5.32 Å². The summed E-state index contributed by atoms with van der Waals surface area (Å²) in [4.78, 5) is 40.1. The Labute approximate surface area is 154 Å². The van der Waals surface area contributed by atoms with Gasteiger partial charge in [0.05, 0.1) is 12.5 Å². The second-order valence-corrected chi connectivity index (χ2v) is 7.89. The van der Waals surface area contributed by atoms with E-state index in [4.69, 9.17) is 4.74 Å². The van der Waals surface area contributed by atoms with Crippen molar-refractivity contribution in [1.29, 1.82) is 0 Å². The van der Waals surface area contributed by atoms with Crippen molar-refractivity contribution in [3.8, 4) is 0 Å². The number of hydrogen-bond donors (Lipinski definition) is 2. The van der Waals surface area contributed by atoms with Crippen LogP contribution in [-0.2, 0) is 14.3 Å². The summed E-state index contributed by atoms with van der Waals surface area (Å²) < 4.78 is 5.08. The van der Waals surface area contributed by atoms with Crippen molar-refractivity contribution in [2.24, 2.45) is 17.3 Å². The monoisotopic (exact) mass is 369 g/mol. The summed E-state index contributed by atoms with van der Waals surface area (Å²) in [6.07, 6.45) is 1.91. The number of likely N-dealkylation sites (tertiary alicyclic amines) is 2. The summed E-state index contributed by atoms with van der Waals surface area (Å²) in [6, 6.07) is -0.128. The molecule has 0 aromatic heterocycles. The quantitative estimate of drug-likeness (QED) is 0.728. The van der Waals surface area contributed by atoms with Crippen LogP contribution in [0.1, 0.15) is 33.1 Å². The molecular weight excluding hydrogens is 338 g/mol. The Morgan fingerprint density at radius 2 is 2.00 bits per heavy atom. The topological polar surface area (TPSA) is 99.2 Å². The number of hydrogen-bond acceptors (Lipinski definition) is 4. The zero-order valence-electron chi connectivity index (χ0n) is 16.0. The minimum absolute atomic E-state index is 0.0504. The van der Waals surface area contributed by atoms with E-state index in [1.54, 1.807) is 9.80 Å². The van der Waals surface area contributed by atoms with Gasteiger partial charge in [0.15, 0.2) is 0 Å². The zero-order valence-corrected chi connectivity index (χ0v) is 16.0. The lowest BCUT2D eigenvalue weighted by Crippen LogP contribution is -2.50. The molecule has 8 nitrogen and oxygen atoms in total. The van der Waals surface area contributed by atoms with Gasteiger partial charge in [-0.3, -0.25) is 9.59 Å². The molecule has 3 amide bonds. The number of carbonyl (C=O) groups excluding carboxylic acids is 2. The predicted octanol–water partition coefficient (Wildman–Crippen LogP) is 1.01. The molecule has 2 atom stereocenters. The van der Waals surface area contributed by atoms with Crippen LogP contribution in [0.3, 0.4) is 0 Å². The number of nitrogens with one attached hydrogen (secondary N) is 1. The predicted molar refractivity (Wildman–Crippen MR) is 95.7 cm³/mol. The minimum Gasteiger partial charge on any atom is -0.481 e.